The van der Waals surface area contributed by atoms with Crippen molar-refractivity contribution in [2.45, 2.75) is 39.5 Å². The van der Waals surface area contributed by atoms with E-state index in [1.165, 1.54) is 25.0 Å². The van der Waals surface area contributed by atoms with Gasteiger partial charge in [0.1, 0.15) is 0 Å². The molecule has 110 valence electrons. The van der Waals surface area contributed by atoms with E-state index >= 15 is 0 Å². The number of hydrogen-bond acceptors (Lipinski definition) is 3. The summed E-state index contributed by atoms with van der Waals surface area (Å²) in [5, 5.41) is 11.6. The summed E-state index contributed by atoms with van der Waals surface area (Å²) in [6.45, 7) is 5.17. The Labute approximate surface area is 118 Å². The zero-order chi connectivity index (χ0) is 14.8. The topological polar surface area (TPSA) is 79.5 Å². The van der Waals surface area contributed by atoms with Gasteiger partial charge in [-0.3, -0.25) is 4.79 Å². The molecule has 2 N–H and O–H groups in total. The van der Waals surface area contributed by atoms with Gasteiger partial charge >= 0.3 is 5.97 Å². The van der Waals surface area contributed by atoms with Crippen LogP contribution in [0.3, 0.4) is 0 Å². The van der Waals surface area contributed by atoms with E-state index in [4.69, 9.17) is 9.52 Å². The van der Waals surface area contributed by atoms with Crippen molar-refractivity contribution in [1.29, 1.82) is 0 Å². The Morgan fingerprint density at radius 3 is 2.45 bits per heavy atom. The van der Waals surface area contributed by atoms with Crippen LogP contribution < -0.4 is 5.32 Å². The van der Waals surface area contributed by atoms with Crippen molar-refractivity contribution in [1.82, 2.24) is 5.32 Å². The molecular weight excluding hydrogens is 258 g/mol. The molecule has 0 saturated heterocycles. The van der Waals surface area contributed by atoms with Gasteiger partial charge in [-0.2, -0.15) is 0 Å². The predicted molar refractivity (Wildman–Crippen MR) is 73.7 cm³/mol. The van der Waals surface area contributed by atoms with Gasteiger partial charge in [0.25, 0.3) is 5.91 Å². The molecule has 1 heterocycles. The fourth-order valence-electron chi connectivity index (χ4n) is 2.56. The Balaban J connectivity index is 1.82. The first-order valence-electron chi connectivity index (χ1n) is 6.99. The summed E-state index contributed by atoms with van der Waals surface area (Å²) in [5.74, 6) is -1.17. The number of rotatable bonds is 4. The highest BCUT2D eigenvalue weighted by molar-refractivity contribution is 5.93. The maximum absolute atomic E-state index is 11.9. The van der Waals surface area contributed by atoms with Crippen LogP contribution in [0.1, 0.15) is 60.6 Å². The maximum atomic E-state index is 11.9. The molecular formula is C15H21NO4. The fourth-order valence-corrected chi connectivity index (χ4v) is 2.56. The molecule has 1 aliphatic carbocycles. The summed E-state index contributed by atoms with van der Waals surface area (Å²) in [6, 6.07) is 2.68. The fraction of sp³-hybridized carbons (Fsp3) is 0.600. The Morgan fingerprint density at radius 1 is 1.30 bits per heavy atom. The standard InChI is InChI=1S/C15H21NO4/c1-15(2)7-5-10(6-8-15)9-16-13(17)11-3-4-12(20-11)14(18)19/h3-4,10H,5-9H2,1-2H3,(H,16,17)(H,18,19). The molecule has 0 spiro atoms. The third-order valence-electron chi connectivity index (χ3n) is 4.05. The summed E-state index contributed by atoms with van der Waals surface area (Å²) >= 11 is 0. The number of carbonyl (C=O) groups excluding carboxylic acids is 1. The third kappa shape index (κ3) is 3.62. The summed E-state index contributed by atoms with van der Waals surface area (Å²) in [6.07, 6.45) is 4.59. The number of nitrogens with one attached hydrogen (secondary N) is 1. The molecule has 1 aromatic heterocycles. The van der Waals surface area contributed by atoms with Crippen molar-refractivity contribution in [2.75, 3.05) is 6.54 Å². The van der Waals surface area contributed by atoms with Crippen LogP contribution in [0.5, 0.6) is 0 Å². The van der Waals surface area contributed by atoms with Gasteiger partial charge in [0, 0.05) is 6.54 Å². The first-order chi connectivity index (χ1) is 9.37. The lowest BCUT2D eigenvalue weighted by atomic mass is 9.73. The van der Waals surface area contributed by atoms with Crippen LogP contribution in [-0.4, -0.2) is 23.5 Å². The molecule has 5 nitrogen and oxygen atoms in total. The summed E-state index contributed by atoms with van der Waals surface area (Å²) in [4.78, 5) is 22.5. The van der Waals surface area contributed by atoms with E-state index in [9.17, 15) is 9.59 Å². The van der Waals surface area contributed by atoms with Crippen molar-refractivity contribution in [3.8, 4) is 0 Å². The van der Waals surface area contributed by atoms with Gasteiger partial charge < -0.3 is 14.8 Å². The quantitative estimate of drug-likeness (QED) is 0.888. The van der Waals surface area contributed by atoms with Gasteiger partial charge in [-0.15, -0.1) is 0 Å². The minimum atomic E-state index is -1.17. The minimum Gasteiger partial charge on any atom is -0.475 e. The van der Waals surface area contributed by atoms with Crippen LogP contribution in [0, 0.1) is 11.3 Å². The molecule has 1 fully saturated rings. The van der Waals surface area contributed by atoms with Crippen molar-refractivity contribution in [3.05, 3.63) is 23.7 Å². The summed E-state index contributed by atoms with van der Waals surface area (Å²) in [5.41, 5.74) is 0.415. The zero-order valence-electron chi connectivity index (χ0n) is 11.9. The Bertz CT molecular complexity index is 494. The zero-order valence-corrected chi connectivity index (χ0v) is 11.9. The molecule has 20 heavy (non-hydrogen) atoms. The van der Waals surface area contributed by atoms with E-state index in [-0.39, 0.29) is 17.4 Å². The Kier molecular flexibility index (Phi) is 4.16. The van der Waals surface area contributed by atoms with Crippen molar-refractivity contribution >= 4 is 11.9 Å². The second-order valence-corrected chi connectivity index (χ2v) is 6.29. The largest absolute Gasteiger partial charge is 0.475 e. The molecule has 1 aromatic rings. The lowest BCUT2D eigenvalue weighted by Gasteiger charge is -2.34. The van der Waals surface area contributed by atoms with Gasteiger partial charge in [-0.05, 0) is 49.1 Å². The SMILES string of the molecule is CC1(C)CCC(CNC(=O)c2ccc(C(=O)O)o2)CC1. The molecule has 0 bridgehead atoms. The number of carboxylic acid groups (broad SMARTS) is 1. The Morgan fingerprint density at radius 2 is 1.90 bits per heavy atom. The van der Waals surface area contributed by atoms with Crippen LogP contribution in [-0.2, 0) is 0 Å². The van der Waals surface area contributed by atoms with E-state index in [1.54, 1.807) is 0 Å². The second kappa shape index (κ2) is 5.69. The van der Waals surface area contributed by atoms with Crippen LogP contribution in [0.4, 0.5) is 0 Å². The van der Waals surface area contributed by atoms with Gasteiger partial charge in [-0.1, -0.05) is 13.8 Å². The number of aromatic carboxylic acids is 1. The molecule has 1 saturated carbocycles. The maximum Gasteiger partial charge on any atom is 0.371 e. The molecule has 0 atom stereocenters. The monoisotopic (exact) mass is 279 g/mol. The minimum absolute atomic E-state index is 0.0542. The molecule has 0 radical (unpaired) electrons. The lowest BCUT2D eigenvalue weighted by Crippen LogP contribution is -2.32. The third-order valence-corrected chi connectivity index (χ3v) is 4.05. The normalized spacial score (nSPS) is 18.7. The number of hydrogen-bond donors (Lipinski definition) is 2. The van der Waals surface area contributed by atoms with Gasteiger partial charge in [-0.25, -0.2) is 4.79 Å². The van der Waals surface area contributed by atoms with Crippen molar-refractivity contribution in [2.24, 2.45) is 11.3 Å². The van der Waals surface area contributed by atoms with Crippen molar-refractivity contribution in [3.63, 3.8) is 0 Å². The highest BCUT2D eigenvalue weighted by atomic mass is 16.4. The first kappa shape index (κ1) is 14.6. The van der Waals surface area contributed by atoms with Crippen LogP contribution in [0.15, 0.2) is 16.5 Å². The van der Waals surface area contributed by atoms with Gasteiger partial charge in [0.15, 0.2) is 5.76 Å². The molecule has 1 amide bonds. The first-order valence-corrected chi connectivity index (χ1v) is 6.99. The van der Waals surface area contributed by atoms with E-state index in [0.717, 1.165) is 12.8 Å². The molecule has 0 aromatic carbocycles. The van der Waals surface area contributed by atoms with Crippen LogP contribution in [0.2, 0.25) is 0 Å². The van der Waals surface area contributed by atoms with E-state index < -0.39 is 5.97 Å². The average molecular weight is 279 g/mol. The number of carbonyl (C=O) groups is 2. The summed E-state index contributed by atoms with van der Waals surface area (Å²) in [7, 11) is 0. The highest BCUT2D eigenvalue weighted by Crippen LogP contribution is 2.37. The number of amides is 1. The molecule has 0 aliphatic heterocycles. The Hall–Kier alpha value is -1.78. The van der Waals surface area contributed by atoms with E-state index in [0.29, 0.717) is 17.9 Å². The predicted octanol–water partition coefficient (Wildman–Crippen LogP) is 2.92. The average Bonchev–Trinajstić information content (AvgIpc) is 2.87. The van der Waals surface area contributed by atoms with Crippen LogP contribution in [0.25, 0.3) is 0 Å². The molecule has 0 unspecified atom stereocenters. The molecule has 2 rings (SSSR count). The summed E-state index contributed by atoms with van der Waals surface area (Å²) < 4.78 is 4.97. The van der Waals surface area contributed by atoms with Crippen molar-refractivity contribution < 1.29 is 19.1 Å². The highest BCUT2D eigenvalue weighted by Gasteiger charge is 2.27. The van der Waals surface area contributed by atoms with E-state index in [2.05, 4.69) is 19.2 Å². The number of furan rings is 1. The second-order valence-electron chi connectivity index (χ2n) is 6.29. The van der Waals surface area contributed by atoms with Gasteiger partial charge in [0.2, 0.25) is 5.76 Å². The van der Waals surface area contributed by atoms with Gasteiger partial charge in [0.05, 0.1) is 0 Å². The van der Waals surface area contributed by atoms with Crippen LogP contribution >= 0.6 is 0 Å². The molecule has 1 aliphatic rings. The van der Waals surface area contributed by atoms with E-state index in [1.807, 2.05) is 0 Å². The lowest BCUT2D eigenvalue weighted by molar-refractivity contribution is 0.0659. The molecule has 5 heteroatoms. The number of carboxylic acids is 1. The smallest absolute Gasteiger partial charge is 0.371 e.